The zero-order valence-corrected chi connectivity index (χ0v) is 16.4. The summed E-state index contributed by atoms with van der Waals surface area (Å²) in [4.78, 5) is 24.3. The van der Waals surface area contributed by atoms with Gasteiger partial charge in [0.05, 0.1) is 26.8 Å². The van der Waals surface area contributed by atoms with E-state index in [4.69, 9.17) is 9.47 Å². The van der Waals surface area contributed by atoms with Crippen LogP contribution in [0, 0.1) is 0 Å². The monoisotopic (exact) mass is 420 g/mol. The van der Waals surface area contributed by atoms with E-state index in [2.05, 4.69) is 26.6 Å². The molecule has 0 fully saturated rings. The van der Waals surface area contributed by atoms with Crippen LogP contribution in [0.1, 0.15) is 28.9 Å². The quantitative estimate of drug-likeness (QED) is 0.721. The molecule has 0 saturated carbocycles. The van der Waals surface area contributed by atoms with Crippen molar-refractivity contribution in [1.29, 1.82) is 0 Å². The molecular weight excluding hydrogens is 400 g/mol. The summed E-state index contributed by atoms with van der Waals surface area (Å²) in [5.41, 5.74) is 1.36. The van der Waals surface area contributed by atoms with Crippen molar-refractivity contribution in [2.45, 2.75) is 13.0 Å². The van der Waals surface area contributed by atoms with Gasteiger partial charge in [0.2, 0.25) is 5.91 Å². The number of methoxy groups -OCH3 is 2. The SMILES string of the molecule is COc1ccc(C(=O)NCC(=O)NC(C)c2ccc(Br)cc2)cc1OC. The first-order valence-electron chi connectivity index (χ1n) is 7.99. The molecule has 2 amide bonds. The molecule has 0 bridgehead atoms. The Labute approximate surface area is 161 Å². The van der Waals surface area contributed by atoms with Crippen molar-refractivity contribution < 1.29 is 19.1 Å². The first-order chi connectivity index (χ1) is 12.4. The van der Waals surface area contributed by atoms with Crippen molar-refractivity contribution in [1.82, 2.24) is 10.6 Å². The van der Waals surface area contributed by atoms with Gasteiger partial charge < -0.3 is 20.1 Å². The summed E-state index contributed by atoms with van der Waals surface area (Å²) in [5, 5.41) is 5.45. The average Bonchev–Trinajstić information content (AvgIpc) is 2.65. The van der Waals surface area contributed by atoms with E-state index in [1.54, 1.807) is 18.2 Å². The summed E-state index contributed by atoms with van der Waals surface area (Å²) in [5.74, 6) is 0.352. The lowest BCUT2D eigenvalue weighted by molar-refractivity contribution is -0.120. The number of carbonyl (C=O) groups is 2. The maximum Gasteiger partial charge on any atom is 0.251 e. The zero-order valence-electron chi connectivity index (χ0n) is 14.8. The van der Waals surface area contributed by atoms with Crippen molar-refractivity contribution in [2.24, 2.45) is 0 Å². The molecule has 0 aliphatic carbocycles. The number of nitrogens with one attached hydrogen (secondary N) is 2. The van der Waals surface area contributed by atoms with Crippen LogP contribution in [0.25, 0.3) is 0 Å². The summed E-state index contributed by atoms with van der Waals surface area (Å²) in [6, 6.07) is 12.3. The van der Waals surface area contributed by atoms with Gasteiger partial charge in [-0.3, -0.25) is 9.59 Å². The summed E-state index contributed by atoms with van der Waals surface area (Å²) in [6.45, 7) is 1.77. The number of carbonyl (C=O) groups excluding carboxylic acids is 2. The lowest BCUT2D eigenvalue weighted by Crippen LogP contribution is -2.38. The van der Waals surface area contributed by atoms with Gasteiger partial charge in [0.25, 0.3) is 5.91 Å². The second-order valence-electron chi connectivity index (χ2n) is 5.59. The third-order valence-electron chi connectivity index (χ3n) is 3.80. The molecule has 2 aromatic carbocycles. The molecule has 2 N–H and O–H groups in total. The minimum atomic E-state index is -0.364. The topological polar surface area (TPSA) is 76.7 Å². The fraction of sp³-hybridized carbons (Fsp3) is 0.263. The van der Waals surface area contributed by atoms with E-state index < -0.39 is 0 Å². The molecule has 0 heterocycles. The summed E-state index contributed by atoms with van der Waals surface area (Å²) < 4.78 is 11.3. The fourth-order valence-corrected chi connectivity index (χ4v) is 2.63. The van der Waals surface area contributed by atoms with Crippen LogP contribution in [0.15, 0.2) is 46.9 Å². The predicted molar refractivity (Wildman–Crippen MR) is 103 cm³/mol. The Kier molecular flexibility index (Phi) is 7.03. The maximum atomic E-state index is 12.2. The highest BCUT2D eigenvalue weighted by molar-refractivity contribution is 9.10. The van der Waals surface area contributed by atoms with Crippen molar-refractivity contribution >= 4 is 27.7 Å². The minimum Gasteiger partial charge on any atom is -0.493 e. The van der Waals surface area contributed by atoms with Gasteiger partial charge in [0, 0.05) is 10.0 Å². The Morgan fingerprint density at radius 2 is 1.69 bits per heavy atom. The van der Waals surface area contributed by atoms with Crippen LogP contribution in [-0.4, -0.2) is 32.6 Å². The summed E-state index contributed by atoms with van der Waals surface area (Å²) in [7, 11) is 3.02. The summed E-state index contributed by atoms with van der Waals surface area (Å²) in [6.07, 6.45) is 0. The molecular formula is C19H21BrN2O4. The van der Waals surface area contributed by atoms with E-state index in [9.17, 15) is 9.59 Å². The smallest absolute Gasteiger partial charge is 0.251 e. The Morgan fingerprint density at radius 1 is 1.04 bits per heavy atom. The molecule has 26 heavy (non-hydrogen) atoms. The lowest BCUT2D eigenvalue weighted by atomic mass is 10.1. The number of hydrogen-bond donors (Lipinski definition) is 2. The van der Waals surface area contributed by atoms with E-state index >= 15 is 0 Å². The number of amides is 2. The normalized spacial score (nSPS) is 11.4. The van der Waals surface area contributed by atoms with E-state index in [0.717, 1.165) is 10.0 Å². The van der Waals surface area contributed by atoms with E-state index in [1.807, 2.05) is 31.2 Å². The standard InChI is InChI=1S/C19H21BrN2O4/c1-12(13-4-7-15(20)8-5-13)22-18(23)11-21-19(24)14-6-9-16(25-2)17(10-14)26-3/h4-10,12H,11H2,1-3H3,(H,21,24)(H,22,23). The van der Waals surface area contributed by atoms with Crippen molar-refractivity contribution in [3.8, 4) is 11.5 Å². The molecule has 138 valence electrons. The molecule has 1 unspecified atom stereocenters. The molecule has 7 heteroatoms. The van der Waals surface area contributed by atoms with Crippen LogP contribution in [0.4, 0.5) is 0 Å². The van der Waals surface area contributed by atoms with Crippen LogP contribution in [0.5, 0.6) is 11.5 Å². The minimum absolute atomic E-state index is 0.117. The van der Waals surface area contributed by atoms with Gasteiger partial charge in [0.15, 0.2) is 11.5 Å². The molecule has 0 radical (unpaired) electrons. The van der Waals surface area contributed by atoms with Crippen LogP contribution >= 0.6 is 15.9 Å². The first-order valence-corrected chi connectivity index (χ1v) is 8.79. The highest BCUT2D eigenvalue weighted by Gasteiger charge is 2.13. The zero-order chi connectivity index (χ0) is 19.1. The maximum absolute atomic E-state index is 12.2. The van der Waals surface area contributed by atoms with Gasteiger partial charge in [-0.25, -0.2) is 0 Å². The molecule has 2 rings (SSSR count). The van der Waals surface area contributed by atoms with Gasteiger partial charge in [0.1, 0.15) is 0 Å². The van der Waals surface area contributed by atoms with Gasteiger partial charge in [-0.15, -0.1) is 0 Å². The predicted octanol–water partition coefficient (Wildman–Crippen LogP) is 3.07. The van der Waals surface area contributed by atoms with Gasteiger partial charge >= 0.3 is 0 Å². The second-order valence-corrected chi connectivity index (χ2v) is 6.51. The molecule has 0 aliphatic rings. The van der Waals surface area contributed by atoms with E-state index in [-0.39, 0.29) is 24.4 Å². The molecule has 2 aromatic rings. The van der Waals surface area contributed by atoms with Crippen molar-refractivity contribution in [3.05, 3.63) is 58.1 Å². The lowest BCUT2D eigenvalue weighted by Gasteiger charge is -2.15. The van der Waals surface area contributed by atoms with Crippen molar-refractivity contribution in [2.75, 3.05) is 20.8 Å². The van der Waals surface area contributed by atoms with Crippen LogP contribution < -0.4 is 20.1 Å². The number of halogens is 1. The highest BCUT2D eigenvalue weighted by atomic mass is 79.9. The molecule has 6 nitrogen and oxygen atoms in total. The van der Waals surface area contributed by atoms with Crippen LogP contribution in [0.3, 0.4) is 0 Å². The first kappa shape index (κ1) is 19.8. The van der Waals surface area contributed by atoms with Crippen LogP contribution in [-0.2, 0) is 4.79 Å². The molecule has 0 spiro atoms. The highest BCUT2D eigenvalue weighted by Crippen LogP contribution is 2.27. The Bertz CT molecular complexity index is 778. The second kappa shape index (κ2) is 9.24. The molecule has 0 aliphatic heterocycles. The fourth-order valence-electron chi connectivity index (χ4n) is 2.37. The number of rotatable bonds is 7. The van der Waals surface area contributed by atoms with E-state index in [1.165, 1.54) is 14.2 Å². The van der Waals surface area contributed by atoms with E-state index in [0.29, 0.717) is 17.1 Å². The number of hydrogen-bond acceptors (Lipinski definition) is 4. The molecule has 0 aromatic heterocycles. The van der Waals surface area contributed by atoms with Gasteiger partial charge in [-0.05, 0) is 42.8 Å². The van der Waals surface area contributed by atoms with Crippen molar-refractivity contribution in [3.63, 3.8) is 0 Å². The third kappa shape index (κ3) is 5.23. The number of ether oxygens (including phenoxy) is 2. The summed E-state index contributed by atoms with van der Waals surface area (Å²) >= 11 is 3.38. The van der Waals surface area contributed by atoms with Gasteiger partial charge in [-0.1, -0.05) is 28.1 Å². The Balaban J connectivity index is 1.90. The van der Waals surface area contributed by atoms with Gasteiger partial charge in [-0.2, -0.15) is 0 Å². The number of benzene rings is 2. The Hall–Kier alpha value is -2.54. The molecule has 0 saturated heterocycles. The third-order valence-corrected chi connectivity index (χ3v) is 4.33. The molecule has 1 atom stereocenters. The largest absolute Gasteiger partial charge is 0.493 e. The average molecular weight is 421 g/mol. The van der Waals surface area contributed by atoms with Crippen LogP contribution in [0.2, 0.25) is 0 Å². The Morgan fingerprint density at radius 3 is 2.31 bits per heavy atom.